The first-order valence-electron chi connectivity index (χ1n) is 15.5. The highest BCUT2D eigenvalue weighted by Gasteiger charge is 2.34. The van der Waals surface area contributed by atoms with E-state index in [-0.39, 0.29) is 49.3 Å². The third-order valence-corrected chi connectivity index (χ3v) is 10.2. The summed E-state index contributed by atoms with van der Waals surface area (Å²) >= 11 is 1.49. The first-order chi connectivity index (χ1) is 22.2. The number of urea groups is 1. The average Bonchev–Trinajstić information content (AvgIpc) is 3.43. The molecule has 0 aliphatic heterocycles. The fourth-order valence-electron chi connectivity index (χ4n) is 5.00. The summed E-state index contributed by atoms with van der Waals surface area (Å²) in [4.78, 5) is 43.4. The highest BCUT2D eigenvalue weighted by Crippen LogP contribution is 2.20. The maximum atomic E-state index is 13.8. The molecule has 0 saturated heterocycles. The number of aliphatic hydroxyl groups excluding tert-OH is 1. The molecule has 3 N–H and O–H groups in total. The van der Waals surface area contributed by atoms with Crippen molar-refractivity contribution in [1.29, 1.82) is 0 Å². The highest BCUT2D eigenvalue weighted by molar-refractivity contribution is 7.89. The first-order valence-corrected chi connectivity index (χ1v) is 17.9. The number of aliphatic hydroxyl groups is 1. The Balaban J connectivity index is 1.83. The van der Waals surface area contributed by atoms with Crippen LogP contribution in [0.15, 0.2) is 70.0 Å². The van der Waals surface area contributed by atoms with Gasteiger partial charge in [-0.15, -0.1) is 11.3 Å². The van der Waals surface area contributed by atoms with Crippen molar-refractivity contribution < 1.29 is 23.1 Å². The van der Waals surface area contributed by atoms with Crippen molar-refractivity contribution in [2.75, 3.05) is 20.1 Å². The van der Waals surface area contributed by atoms with Crippen LogP contribution in [-0.2, 0) is 34.3 Å². The zero-order valence-electron chi connectivity index (χ0n) is 27.8. The van der Waals surface area contributed by atoms with E-state index in [2.05, 4.69) is 20.8 Å². The molecule has 0 aliphatic carbocycles. The van der Waals surface area contributed by atoms with Crippen LogP contribution in [0.25, 0.3) is 0 Å². The maximum absolute atomic E-state index is 13.8. The molecular weight excluding hydrogens is 641 g/mol. The molecule has 0 saturated carbocycles. The second kappa shape index (κ2) is 17.4. The Labute approximate surface area is 281 Å². The molecule has 3 rings (SSSR count). The van der Waals surface area contributed by atoms with Gasteiger partial charge < -0.3 is 20.6 Å². The summed E-state index contributed by atoms with van der Waals surface area (Å²) in [6, 6.07) is 12.9. The van der Waals surface area contributed by atoms with E-state index < -0.39 is 40.1 Å². The number of aryl methyl sites for hydroxylation is 1. The lowest BCUT2D eigenvalue weighted by molar-refractivity contribution is -0.125. The van der Waals surface area contributed by atoms with Gasteiger partial charge in [0.05, 0.1) is 34.3 Å². The van der Waals surface area contributed by atoms with Crippen LogP contribution >= 0.6 is 11.3 Å². The van der Waals surface area contributed by atoms with E-state index >= 15 is 0 Å². The van der Waals surface area contributed by atoms with Gasteiger partial charge in [-0.2, -0.15) is 9.21 Å². The number of nitrogens with zero attached hydrogens (tertiary/aromatic N) is 4. The summed E-state index contributed by atoms with van der Waals surface area (Å²) in [5.41, 5.74) is 2.16. The van der Waals surface area contributed by atoms with E-state index in [4.69, 9.17) is 0 Å². The molecule has 0 unspecified atom stereocenters. The summed E-state index contributed by atoms with van der Waals surface area (Å²) in [5, 5.41) is 23.0. The lowest BCUT2D eigenvalue weighted by Crippen LogP contribution is -2.58. The van der Waals surface area contributed by atoms with Crippen molar-refractivity contribution in [2.24, 2.45) is 17.0 Å². The van der Waals surface area contributed by atoms with E-state index in [0.29, 0.717) is 5.56 Å². The number of carbonyl (C=O) groups is 2. The number of nitrogens with one attached hydrogen (secondary N) is 2. The predicted octanol–water partition coefficient (Wildman–Crippen LogP) is 4.32. The van der Waals surface area contributed by atoms with Gasteiger partial charge in [0.15, 0.2) is 0 Å². The summed E-state index contributed by atoms with van der Waals surface area (Å²) < 4.78 is 28.8. The minimum atomic E-state index is -4.05. The van der Waals surface area contributed by atoms with Crippen molar-refractivity contribution in [2.45, 2.75) is 77.2 Å². The van der Waals surface area contributed by atoms with Crippen LogP contribution in [0.1, 0.15) is 49.5 Å². The van der Waals surface area contributed by atoms with Crippen molar-refractivity contribution >= 4 is 33.3 Å². The van der Waals surface area contributed by atoms with Gasteiger partial charge >= 0.3 is 6.03 Å². The number of nitroso groups, excluding NO2 is 1. The van der Waals surface area contributed by atoms with Crippen molar-refractivity contribution in [3.8, 4) is 0 Å². The Hall–Kier alpha value is -3.72. The van der Waals surface area contributed by atoms with Gasteiger partial charge in [0.25, 0.3) is 0 Å². The van der Waals surface area contributed by atoms with E-state index in [9.17, 15) is 28.0 Å². The predicted molar refractivity (Wildman–Crippen MR) is 183 cm³/mol. The molecule has 2 aromatic carbocycles. The van der Waals surface area contributed by atoms with Gasteiger partial charge in [-0.25, -0.2) is 18.2 Å². The average molecular weight is 687 g/mol. The standard InChI is InChI=1S/C33H46N6O6S2/c1-22(2)18-39(47(44,45)28-14-12-26(13-15-28)17-34-43)20-30(40)29(16-25-10-8-7-9-11-25)36-32(41)31(23(3)4)37-33(42)38(6)19-27-21-46-24(5)35-27/h7-15,21-23,29-31,40H,16-20H2,1-6H3,(H,36,41)(H,37,42)/t29-,30+,31-/m0/s1. The highest BCUT2D eigenvalue weighted by atomic mass is 32.2. The van der Waals surface area contributed by atoms with E-state index in [1.54, 1.807) is 7.05 Å². The molecule has 3 aromatic rings. The number of hydrogen-bond acceptors (Lipinski definition) is 9. The monoisotopic (exact) mass is 686 g/mol. The van der Waals surface area contributed by atoms with Gasteiger partial charge in [-0.05, 0) is 48.4 Å². The topological polar surface area (TPSA) is 161 Å². The minimum Gasteiger partial charge on any atom is -0.390 e. The van der Waals surface area contributed by atoms with E-state index in [1.807, 2.05) is 70.3 Å². The van der Waals surface area contributed by atoms with Crippen LogP contribution in [0.2, 0.25) is 0 Å². The Kier molecular flexibility index (Phi) is 14.0. The fraction of sp³-hybridized carbons (Fsp3) is 0.485. The molecule has 0 spiro atoms. The normalized spacial score (nSPS) is 13.7. The summed E-state index contributed by atoms with van der Waals surface area (Å²) in [7, 11) is -2.43. The van der Waals surface area contributed by atoms with Crippen LogP contribution in [0.4, 0.5) is 4.79 Å². The van der Waals surface area contributed by atoms with Crippen LogP contribution in [0.5, 0.6) is 0 Å². The summed E-state index contributed by atoms with van der Waals surface area (Å²) in [6.07, 6.45) is -1.08. The number of sulfonamides is 1. The van der Waals surface area contributed by atoms with Gasteiger partial charge in [0, 0.05) is 25.5 Å². The number of amides is 3. The number of carbonyl (C=O) groups excluding carboxylic acids is 2. The fourth-order valence-corrected chi connectivity index (χ4v) is 7.23. The van der Waals surface area contributed by atoms with Gasteiger partial charge in [0.1, 0.15) is 12.6 Å². The van der Waals surface area contributed by atoms with E-state index in [1.165, 1.54) is 44.8 Å². The molecule has 3 amide bonds. The molecule has 0 radical (unpaired) electrons. The van der Waals surface area contributed by atoms with Crippen molar-refractivity contribution in [3.63, 3.8) is 0 Å². The number of benzene rings is 2. The smallest absolute Gasteiger partial charge is 0.318 e. The number of thiazole rings is 1. The Morgan fingerprint density at radius 3 is 2.19 bits per heavy atom. The number of hydrogen-bond donors (Lipinski definition) is 3. The minimum absolute atomic E-state index is 0.0168. The molecule has 47 heavy (non-hydrogen) atoms. The number of rotatable bonds is 17. The maximum Gasteiger partial charge on any atom is 0.318 e. The largest absolute Gasteiger partial charge is 0.390 e. The van der Waals surface area contributed by atoms with Gasteiger partial charge in [-0.3, -0.25) is 4.79 Å². The van der Waals surface area contributed by atoms with Crippen molar-refractivity contribution in [3.05, 3.63) is 86.7 Å². The molecule has 256 valence electrons. The van der Waals surface area contributed by atoms with E-state index in [0.717, 1.165) is 16.3 Å². The molecule has 0 fully saturated rings. The van der Waals surface area contributed by atoms with Gasteiger partial charge in [-0.1, -0.05) is 75.3 Å². The van der Waals surface area contributed by atoms with Crippen LogP contribution in [0, 0.1) is 23.7 Å². The quantitative estimate of drug-likeness (QED) is 0.178. The van der Waals surface area contributed by atoms with Crippen LogP contribution < -0.4 is 10.6 Å². The van der Waals surface area contributed by atoms with Crippen LogP contribution in [-0.4, -0.2) is 78.0 Å². The Morgan fingerprint density at radius 2 is 1.64 bits per heavy atom. The SMILES string of the molecule is Cc1nc(CN(C)C(=O)N[C@H](C(=O)N[C@@H](Cc2ccccc2)[C@H](O)CN(CC(C)C)S(=O)(=O)c2ccc(CN=O)cc2)C(C)C)cs1. The Morgan fingerprint density at radius 1 is 0.979 bits per heavy atom. The molecule has 1 aromatic heterocycles. The summed E-state index contributed by atoms with van der Waals surface area (Å²) in [6.45, 7) is 9.29. The molecular formula is C33H46N6O6S2. The summed E-state index contributed by atoms with van der Waals surface area (Å²) in [5.74, 6) is -0.856. The lowest BCUT2D eigenvalue weighted by atomic mass is 9.98. The zero-order chi connectivity index (χ0) is 34.7. The molecule has 1 heterocycles. The molecule has 3 atom stereocenters. The lowest BCUT2D eigenvalue weighted by Gasteiger charge is -2.32. The Bertz CT molecular complexity index is 1560. The molecule has 0 bridgehead atoms. The second-order valence-electron chi connectivity index (χ2n) is 12.4. The third kappa shape index (κ3) is 11.2. The molecule has 12 nitrogen and oxygen atoms in total. The second-order valence-corrected chi connectivity index (χ2v) is 15.4. The first kappa shape index (κ1) is 37.7. The molecule has 14 heteroatoms. The third-order valence-electron chi connectivity index (χ3n) is 7.50. The zero-order valence-corrected chi connectivity index (χ0v) is 29.4. The number of aromatic nitrogens is 1. The molecule has 0 aliphatic rings. The van der Waals surface area contributed by atoms with Gasteiger partial charge in [0.2, 0.25) is 15.9 Å². The van der Waals surface area contributed by atoms with Crippen LogP contribution in [0.3, 0.4) is 0 Å². The van der Waals surface area contributed by atoms with Crippen molar-refractivity contribution in [1.82, 2.24) is 24.8 Å².